The van der Waals surface area contributed by atoms with Crippen molar-refractivity contribution in [2.75, 3.05) is 0 Å². The zero-order chi connectivity index (χ0) is 18.0. The number of carboxylic acids is 1. The van der Waals surface area contributed by atoms with Crippen LogP contribution in [0.4, 0.5) is 0 Å². The molecule has 1 aromatic rings. The Morgan fingerprint density at radius 2 is 1.75 bits per heavy atom. The number of aliphatic carboxylic acids is 1. The maximum absolute atomic E-state index is 12.3. The Kier molecular flexibility index (Phi) is 5.52. The third-order valence-corrected chi connectivity index (χ3v) is 5.89. The van der Waals surface area contributed by atoms with Crippen LogP contribution in [0.5, 0.6) is 0 Å². The van der Waals surface area contributed by atoms with E-state index in [2.05, 4.69) is 10.0 Å². The van der Waals surface area contributed by atoms with Gasteiger partial charge in [-0.1, -0.05) is 24.4 Å². The number of amides is 1. The molecule has 24 heavy (non-hydrogen) atoms. The lowest BCUT2D eigenvalue weighted by molar-refractivity contribution is -0.147. The maximum atomic E-state index is 12.3. The smallest absolute Gasteiger partial charge is 0.329 e. The molecule has 3 N–H and O–H groups in total. The third-order valence-electron chi connectivity index (χ3n) is 4.08. The predicted octanol–water partition coefficient (Wildman–Crippen LogP) is 1.52. The summed E-state index contributed by atoms with van der Waals surface area (Å²) in [6.45, 7) is 1.37. The number of carbonyl (C=O) groups is 2. The summed E-state index contributed by atoms with van der Waals surface area (Å²) in [6, 6.07) is 4.40. The largest absolute Gasteiger partial charge is 0.480 e. The van der Waals surface area contributed by atoms with Gasteiger partial charge in [0, 0.05) is 5.02 Å². The van der Waals surface area contributed by atoms with Crippen molar-refractivity contribution in [3.05, 3.63) is 29.3 Å². The second-order valence-electron chi connectivity index (χ2n) is 5.88. The lowest BCUT2D eigenvalue weighted by Crippen LogP contribution is -2.57. The van der Waals surface area contributed by atoms with Gasteiger partial charge in [0.1, 0.15) is 5.54 Å². The van der Waals surface area contributed by atoms with Gasteiger partial charge in [-0.25, -0.2) is 13.2 Å². The quantitative estimate of drug-likeness (QED) is 0.698. The molecule has 2 rings (SSSR count). The molecular formula is C15H19ClN2O5S. The number of carbonyl (C=O) groups excluding carboxylic acids is 1. The van der Waals surface area contributed by atoms with Gasteiger partial charge < -0.3 is 10.4 Å². The van der Waals surface area contributed by atoms with E-state index >= 15 is 0 Å². The molecule has 9 heteroatoms. The van der Waals surface area contributed by atoms with Crippen molar-refractivity contribution in [3.8, 4) is 0 Å². The van der Waals surface area contributed by atoms with Crippen LogP contribution in [0.3, 0.4) is 0 Å². The number of carboxylic acid groups (broad SMARTS) is 1. The molecule has 7 nitrogen and oxygen atoms in total. The van der Waals surface area contributed by atoms with Gasteiger partial charge in [-0.15, -0.1) is 0 Å². The van der Waals surface area contributed by atoms with Crippen LogP contribution in [0.1, 0.15) is 32.6 Å². The highest BCUT2D eigenvalue weighted by Gasteiger charge is 2.43. The Morgan fingerprint density at radius 1 is 1.21 bits per heavy atom. The Morgan fingerprint density at radius 3 is 2.25 bits per heavy atom. The number of sulfonamides is 1. The molecule has 1 saturated carbocycles. The molecule has 1 aromatic carbocycles. The molecule has 1 atom stereocenters. The van der Waals surface area contributed by atoms with Crippen molar-refractivity contribution < 1.29 is 23.1 Å². The Hall–Kier alpha value is -1.64. The predicted molar refractivity (Wildman–Crippen MR) is 88.2 cm³/mol. The summed E-state index contributed by atoms with van der Waals surface area (Å²) < 4.78 is 26.8. The number of hydrogen-bond donors (Lipinski definition) is 3. The number of hydrogen-bond acceptors (Lipinski definition) is 4. The van der Waals surface area contributed by atoms with Crippen molar-refractivity contribution in [2.45, 2.75) is 49.1 Å². The third kappa shape index (κ3) is 4.06. The van der Waals surface area contributed by atoms with Gasteiger partial charge in [-0.05, 0) is 44.0 Å². The van der Waals surface area contributed by atoms with E-state index in [1.54, 1.807) is 0 Å². The minimum atomic E-state index is -3.91. The number of rotatable bonds is 6. The van der Waals surface area contributed by atoms with E-state index < -0.39 is 33.5 Å². The van der Waals surface area contributed by atoms with Gasteiger partial charge in [0.15, 0.2) is 0 Å². The minimum Gasteiger partial charge on any atom is -0.480 e. The van der Waals surface area contributed by atoms with Crippen LogP contribution in [0.25, 0.3) is 0 Å². The lowest BCUT2D eigenvalue weighted by Gasteiger charge is -2.27. The van der Waals surface area contributed by atoms with Crippen LogP contribution < -0.4 is 10.0 Å². The van der Waals surface area contributed by atoms with Crippen molar-refractivity contribution in [1.29, 1.82) is 0 Å². The van der Waals surface area contributed by atoms with E-state index in [4.69, 9.17) is 11.6 Å². The zero-order valence-electron chi connectivity index (χ0n) is 13.1. The van der Waals surface area contributed by atoms with Crippen molar-refractivity contribution in [1.82, 2.24) is 10.0 Å². The average molecular weight is 375 g/mol. The molecule has 132 valence electrons. The molecule has 0 heterocycles. The molecule has 0 aromatic heterocycles. The SMILES string of the molecule is CC(NS(=O)(=O)c1ccc(Cl)cc1)C(=O)NC1(C(=O)O)CCCC1. The summed E-state index contributed by atoms with van der Waals surface area (Å²) in [4.78, 5) is 23.7. The summed E-state index contributed by atoms with van der Waals surface area (Å²) in [5.74, 6) is -1.77. The fourth-order valence-electron chi connectivity index (χ4n) is 2.68. The summed E-state index contributed by atoms with van der Waals surface area (Å²) in [5.41, 5.74) is -1.31. The molecule has 1 aliphatic rings. The standard InChI is InChI=1S/C15H19ClN2O5S/c1-10(13(19)17-15(14(20)21)8-2-3-9-15)18-24(22,23)12-6-4-11(16)5-7-12/h4-7,10,18H,2-3,8-9H2,1H3,(H,17,19)(H,20,21). The summed E-state index contributed by atoms with van der Waals surface area (Å²) in [6.07, 6.45) is 2.09. The van der Waals surface area contributed by atoms with E-state index in [1.165, 1.54) is 31.2 Å². The topological polar surface area (TPSA) is 113 Å². The van der Waals surface area contributed by atoms with Crippen LogP contribution in [-0.4, -0.2) is 37.0 Å². The molecule has 1 unspecified atom stereocenters. The Bertz CT molecular complexity index is 727. The minimum absolute atomic E-state index is 0.0274. The highest BCUT2D eigenvalue weighted by molar-refractivity contribution is 7.89. The zero-order valence-corrected chi connectivity index (χ0v) is 14.7. The molecule has 1 fully saturated rings. The number of halogens is 1. The van der Waals surface area contributed by atoms with E-state index in [1.807, 2.05) is 0 Å². The van der Waals surface area contributed by atoms with Crippen LogP contribution in [0.2, 0.25) is 5.02 Å². The van der Waals surface area contributed by atoms with Gasteiger partial charge in [0.2, 0.25) is 15.9 Å². The van der Waals surface area contributed by atoms with Crippen LogP contribution in [0, 0.1) is 0 Å². The first-order valence-corrected chi connectivity index (χ1v) is 9.36. The molecule has 1 aliphatic carbocycles. The van der Waals surface area contributed by atoms with Gasteiger partial charge >= 0.3 is 5.97 Å². The highest BCUT2D eigenvalue weighted by atomic mass is 35.5. The van der Waals surface area contributed by atoms with Gasteiger partial charge in [-0.3, -0.25) is 4.79 Å². The molecule has 0 aliphatic heterocycles. The molecular weight excluding hydrogens is 356 g/mol. The first-order valence-electron chi connectivity index (χ1n) is 7.50. The van der Waals surface area contributed by atoms with Gasteiger partial charge in [0.05, 0.1) is 10.9 Å². The van der Waals surface area contributed by atoms with Crippen molar-refractivity contribution in [2.24, 2.45) is 0 Å². The molecule has 0 spiro atoms. The van der Waals surface area contributed by atoms with E-state index in [9.17, 15) is 23.1 Å². The lowest BCUT2D eigenvalue weighted by atomic mass is 9.97. The Balaban J connectivity index is 2.08. The Labute approximate surface area is 145 Å². The van der Waals surface area contributed by atoms with Crippen LogP contribution in [0.15, 0.2) is 29.2 Å². The van der Waals surface area contributed by atoms with Crippen molar-refractivity contribution >= 4 is 33.5 Å². The van der Waals surface area contributed by atoms with Gasteiger partial charge in [0.25, 0.3) is 0 Å². The second kappa shape index (κ2) is 7.08. The highest BCUT2D eigenvalue weighted by Crippen LogP contribution is 2.30. The molecule has 0 bridgehead atoms. The number of nitrogens with one attached hydrogen (secondary N) is 2. The molecule has 1 amide bonds. The van der Waals surface area contributed by atoms with E-state index in [0.717, 1.165) is 0 Å². The monoisotopic (exact) mass is 374 g/mol. The fraction of sp³-hybridized carbons (Fsp3) is 0.467. The first-order chi connectivity index (χ1) is 11.2. The van der Waals surface area contributed by atoms with Gasteiger partial charge in [-0.2, -0.15) is 4.72 Å². The molecule has 0 radical (unpaired) electrons. The second-order valence-corrected chi connectivity index (χ2v) is 8.03. The van der Waals surface area contributed by atoms with E-state index in [-0.39, 0.29) is 4.90 Å². The summed E-state index contributed by atoms with van der Waals surface area (Å²) in [7, 11) is -3.91. The van der Waals surface area contributed by atoms with E-state index in [0.29, 0.717) is 30.7 Å². The average Bonchev–Trinajstić information content (AvgIpc) is 2.97. The maximum Gasteiger partial charge on any atom is 0.329 e. The fourth-order valence-corrected chi connectivity index (χ4v) is 4.01. The summed E-state index contributed by atoms with van der Waals surface area (Å²) >= 11 is 5.72. The normalized spacial score (nSPS) is 18.1. The van der Waals surface area contributed by atoms with Crippen LogP contribution >= 0.6 is 11.6 Å². The molecule has 0 saturated heterocycles. The summed E-state index contributed by atoms with van der Waals surface area (Å²) in [5, 5.41) is 12.2. The van der Waals surface area contributed by atoms with Crippen LogP contribution in [-0.2, 0) is 19.6 Å². The number of benzene rings is 1. The first kappa shape index (κ1) is 18.7. The van der Waals surface area contributed by atoms with Crippen molar-refractivity contribution in [3.63, 3.8) is 0 Å².